The van der Waals surface area contributed by atoms with Crippen LogP contribution in [0.15, 0.2) is 222 Å². The third kappa shape index (κ3) is 22.8. The highest BCUT2D eigenvalue weighted by molar-refractivity contribution is 7.11. The molecule has 5 aromatic carbocycles. The van der Waals surface area contributed by atoms with Gasteiger partial charge in [-0.3, -0.25) is 24.5 Å². The number of primary amides is 1. The van der Waals surface area contributed by atoms with Gasteiger partial charge in [-0.15, -0.1) is 56.7 Å². The van der Waals surface area contributed by atoms with Crippen LogP contribution in [0.5, 0.6) is 0 Å². The standard InChI is InChI=1S/C27H20F3N3S2.C18H14F3N3OS.C17H12F3N3OS.C17H13F3N2S/c1-17-4-2-5-18(8-17)10-25-32-23(15-34-25)20-12-21(14-31-13-20)24-16-35-26(33-24)11-19-6-3-7-22(9-19)27(28,29)30;1-11(25)23-16-6-5-13(9-22-16)15-10-26-17(24-15)8-12-3-2-4-14(7-12)18(19,20)21;18-17(19,20)12-3-1-2-10(6-12)7-15-23-14(9-25-15)11-4-5-13(16(21)24)22-8-11;1-11-5-6-13(9-21-11)15-10-23-16(22-15)8-12-3-2-4-14(7-12)17(18,19)20/h2-9,12-16H,10-11H2,1H3;2-7,9-10H,8H2,1H3,(H,22,23,25);1-6,8-9H,7H2,(H2,21,24);2-7,9-10H,8H2,1H3. The molecular weight excluding hydrogens is 1520 g/mol. The molecular formula is C79H59F12N11O2S5. The lowest BCUT2D eigenvalue weighted by atomic mass is 10.1. The average molecular weight is 1580 g/mol. The lowest BCUT2D eigenvalue weighted by Gasteiger charge is -2.07. The third-order valence-corrected chi connectivity index (χ3v) is 20.1. The van der Waals surface area contributed by atoms with Crippen LogP contribution < -0.4 is 11.1 Å². The van der Waals surface area contributed by atoms with E-state index in [1.165, 1.54) is 112 Å². The van der Waals surface area contributed by atoms with Crippen molar-refractivity contribution in [3.63, 3.8) is 0 Å². The zero-order valence-corrected chi connectivity index (χ0v) is 61.5. The zero-order chi connectivity index (χ0) is 77.6. The van der Waals surface area contributed by atoms with E-state index in [-0.39, 0.29) is 11.6 Å². The quantitative estimate of drug-likeness (QED) is 0.0826. The summed E-state index contributed by atoms with van der Waals surface area (Å²) in [5.41, 5.74) is 16.2. The number of thiazole rings is 5. The molecule has 0 fully saturated rings. The van der Waals surface area contributed by atoms with Crippen LogP contribution in [0.3, 0.4) is 0 Å². The van der Waals surface area contributed by atoms with Crippen molar-refractivity contribution < 1.29 is 62.3 Å². The van der Waals surface area contributed by atoms with Gasteiger partial charge in [-0.25, -0.2) is 29.9 Å². The molecule has 0 atom stereocenters. The minimum atomic E-state index is -4.36. The Kier molecular flexibility index (Phi) is 25.3. The molecule has 0 radical (unpaired) electrons. The average Bonchev–Trinajstić information content (AvgIpc) is 1.46. The lowest BCUT2D eigenvalue weighted by Crippen LogP contribution is -2.12. The Morgan fingerprint density at radius 3 is 0.982 bits per heavy atom. The Balaban J connectivity index is 0.000000146. The molecule has 0 unspecified atom stereocenters. The van der Waals surface area contributed by atoms with Crippen LogP contribution in [0, 0.1) is 13.8 Å². The van der Waals surface area contributed by atoms with Crippen molar-refractivity contribution in [3.05, 3.63) is 314 Å². The summed E-state index contributed by atoms with van der Waals surface area (Å²) in [5, 5.41) is 16.0. The number of pyridine rings is 4. The molecule has 0 aliphatic carbocycles. The number of carbonyl (C=O) groups is 2. The van der Waals surface area contributed by atoms with E-state index < -0.39 is 52.9 Å². The Morgan fingerprint density at radius 1 is 0.367 bits per heavy atom. The van der Waals surface area contributed by atoms with Crippen LogP contribution in [0.4, 0.5) is 58.5 Å². The second kappa shape index (κ2) is 34.9. The number of hydrogen-bond donors (Lipinski definition) is 2. The molecule has 0 saturated carbocycles. The molecule has 0 aliphatic heterocycles. The highest BCUT2D eigenvalue weighted by atomic mass is 32.1. The summed E-state index contributed by atoms with van der Waals surface area (Å²) in [6, 6.07) is 42.1. The fraction of sp³-hybridized carbons (Fsp3) is 0.152. The van der Waals surface area contributed by atoms with E-state index in [4.69, 9.17) is 10.7 Å². The smallest absolute Gasteiger partial charge is 0.364 e. The number of anilines is 1. The number of carbonyl (C=O) groups excluding carboxylic acids is 2. The van der Waals surface area contributed by atoms with Crippen LogP contribution in [0.2, 0.25) is 0 Å². The number of nitrogens with one attached hydrogen (secondary N) is 1. The topological polar surface area (TPSA) is 188 Å². The van der Waals surface area contributed by atoms with E-state index >= 15 is 0 Å². The Morgan fingerprint density at radius 2 is 0.688 bits per heavy atom. The highest BCUT2D eigenvalue weighted by Crippen LogP contribution is 2.37. The molecule has 2 amide bonds. The van der Waals surface area contributed by atoms with Gasteiger partial charge in [0.1, 0.15) is 11.5 Å². The summed E-state index contributed by atoms with van der Waals surface area (Å²) in [4.78, 5) is 61.5. The van der Waals surface area contributed by atoms with Crippen LogP contribution in [0.1, 0.15) is 104 Å². The van der Waals surface area contributed by atoms with E-state index in [1.54, 1.807) is 84.0 Å². The van der Waals surface area contributed by atoms with E-state index in [9.17, 15) is 62.3 Å². The summed E-state index contributed by atoms with van der Waals surface area (Å²) < 4.78 is 154. The van der Waals surface area contributed by atoms with Crippen molar-refractivity contribution in [2.24, 2.45) is 5.73 Å². The molecule has 3 N–H and O–H groups in total. The molecule has 14 aromatic rings. The first kappa shape index (κ1) is 79.0. The number of nitrogens with two attached hydrogens (primary N) is 1. The number of aryl methyl sites for hydroxylation is 2. The molecule has 9 heterocycles. The highest BCUT2D eigenvalue weighted by Gasteiger charge is 2.33. The molecule has 0 spiro atoms. The molecule has 14 rings (SSSR count). The summed E-state index contributed by atoms with van der Waals surface area (Å²) in [7, 11) is 0. The van der Waals surface area contributed by atoms with Crippen molar-refractivity contribution in [2.45, 2.75) is 77.6 Å². The van der Waals surface area contributed by atoms with Gasteiger partial charge < -0.3 is 11.1 Å². The fourth-order valence-electron chi connectivity index (χ4n) is 10.6. The minimum absolute atomic E-state index is 0.156. The molecule has 556 valence electrons. The number of nitrogens with zero attached hydrogens (tertiary/aromatic N) is 9. The normalized spacial score (nSPS) is 11.6. The SMILES string of the molecule is CC(=O)Nc1ccc(-c2csc(Cc3cccc(C(F)(F)F)c3)n2)cn1.Cc1ccc(-c2csc(Cc3cccc(C(F)(F)F)c3)n2)cn1.Cc1cccc(Cc2nc(-c3cncc(-c4csc(Cc5cccc(C(F)(F)F)c5)n4)c3)cs2)c1.NC(=O)c1ccc(-c2csc(Cc3cccc(C(F)(F)F)c3)n2)cn1. The monoisotopic (exact) mass is 1580 g/mol. The number of benzene rings is 5. The van der Waals surface area contributed by atoms with Gasteiger partial charge in [-0.2, -0.15) is 52.7 Å². The Hall–Kier alpha value is -11.1. The van der Waals surface area contributed by atoms with E-state index in [0.717, 1.165) is 103 Å². The Labute approximate surface area is 636 Å². The van der Waals surface area contributed by atoms with Gasteiger partial charge in [0.25, 0.3) is 5.91 Å². The predicted octanol–water partition coefficient (Wildman–Crippen LogP) is 21.6. The van der Waals surface area contributed by atoms with Crippen molar-refractivity contribution in [3.8, 4) is 56.3 Å². The van der Waals surface area contributed by atoms with Crippen LogP contribution in [0.25, 0.3) is 56.3 Å². The van der Waals surface area contributed by atoms with Gasteiger partial charge in [-0.05, 0) is 108 Å². The number of halogens is 12. The first-order valence-corrected chi connectivity index (χ1v) is 37.1. The maximum absolute atomic E-state index is 13.0. The predicted molar refractivity (Wildman–Crippen MR) is 401 cm³/mol. The molecule has 9 aromatic heterocycles. The third-order valence-electron chi connectivity index (χ3n) is 15.8. The fourth-order valence-corrected chi connectivity index (χ4v) is 14.8. The van der Waals surface area contributed by atoms with Crippen LogP contribution in [-0.4, -0.2) is 56.7 Å². The first-order chi connectivity index (χ1) is 51.9. The second-order valence-electron chi connectivity index (χ2n) is 24.4. The van der Waals surface area contributed by atoms with Gasteiger partial charge >= 0.3 is 24.7 Å². The number of hydrogen-bond acceptors (Lipinski definition) is 16. The number of amides is 2. The molecule has 0 bridgehead atoms. The van der Waals surface area contributed by atoms with Crippen molar-refractivity contribution >= 4 is 74.3 Å². The Bertz CT molecular complexity index is 5420. The molecule has 30 heteroatoms. The van der Waals surface area contributed by atoms with Gasteiger partial charge in [0.2, 0.25) is 5.91 Å². The minimum Gasteiger partial charge on any atom is -0.364 e. The van der Waals surface area contributed by atoms with Crippen LogP contribution in [-0.2, 0) is 61.6 Å². The second-order valence-corrected chi connectivity index (χ2v) is 29.1. The van der Waals surface area contributed by atoms with Gasteiger partial charge in [0.05, 0.1) is 75.8 Å². The first-order valence-electron chi connectivity index (χ1n) is 32.7. The van der Waals surface area contributed by atoms with Gasteiger partial charge in [-0.1, -0.05) is 103 Å². The molecule has 0 saturated heterocycles. The maximum Gasteiger partial charge on any atom is 0.416 e. The van der Waals surface area contributed by atoms with Crippen molar-refractivity contribution in [2.75, 3.05) is 5.32 Å². The number of rotatable bonds is 17. The number of alkyl halides is 12. The van der Waals surface area contributed by atoms with Crippen LogP contribution >= 0.6 is 56.7 Å². The van der Waals surface area contributed by atoms with Crippen molar-refractivity contribution in [1.29, 1.82) is 0 Å². The largest absolute Gasteiger partial charge is 0.416 e. The van der Waals surface area contributed by atoms with E-state index in [2.05, 4.69) is 76.4 Å². The molecule has 13 nitrogen and oxygen atoms in total. The van der Waals surface area contributed by atoms with Gasteiger partial charge in [0.15, 0.2) is 0 Å². The maximum atomic E-state index is 13.0. The molecule has 109 heavy (non-hydrogen) atoms. The van der Waals surface area contributed by atoms with Crippen molar-refractivity contribution in [1.82, 2.24) is 44.9 Å². The van der Waals surface area contributed by atoms with E-state index in [0.29, 0.717) is 80.7 Å². The van der Waals surface area contributed by atoms with E-state index in [1.807, 2.05) is 46.6 Å². The summed E-state index contributed by atoms with van der Waals surface area (Å²) in [5.74, 6) is -0.377. The zero-order valence-electron chi connectivity index (χ0n) is 57.4. The number of aromatic nitrogens is 9. The summed E-state index contributed by atoms with van der Waals surface area (Å²) in [6.07, 6.45) is -6.90. The van der Waals surface area contributed by atoms with Gasteiger partial charge in [0, 0.05) is 130 Å². The lowest BCUT2D eigenvalue weighted by molar-refractivity contribution is -0.138. The summed E-state index contributed by atoms with van der Waals surface area (Å²) in [6.45, 7) is 5.39. The summed E-state index contributed by atoms with van der Waals surface area (Å²) >= 11 is 7.21. The molecule has 0 aliphatic rings.